The average molecular weight is 320 g/mol. The molecule has 0 aliphatic carbocycles. The molecule has 0 amide bonds. The molecule has 2 aliphatic heterocycles. The van der Waals surface area contributed by atoms with Crippen LogP contribution in [-0.2, 0) is 4.74 Å². The van der Waals surface area contributed by atoms with Crippen molar-refractivity contribution in [1.82, 2.24) is 10.2 Å². The van der Waals surface area contributed by atoms with E-state index in [0.717, 1.165) is 71.0 Å². The molecule has 0 bridgehead atoms. The molecule has 1 aromatic carbocycles. The highest BCUT2D eigenvalue weighted by Gasteiger charge is 2.16. The van der Waals surface area contributed by atoms with E-state index in [4.69, 9.17) is 4.74 Å². The Morgan fingerprint density at radius 1 is 1.30 bits per heavy atom. The quantitative estimate of drug-likeness (QED) is 0.783. The molecule has 0 saturated carbocycles. The monoisotopic (exact) mass is 320 g/mol. The number of morpholine rings is 1. The second kappa shape index (κ2) is 8.26. The zero-order chi connectivity index (χ0) is 15.9. The molecule has 0 spiro atoms. The third-order valence-corrected chi connectivity index (χ3v) is 4.22. The Labute approximate surface area is 136 Å². The molecule has 2 heterocycles. The molecule has 0 unspecified atom stereocenters. The Hall–Kier alpha value is -1.66. The minimum Gasteiger partial charge on any atom is -0.384 e. The number of hydrogen-bond acceptors (Lipinski definition) is 5. The Bertz CT molecular complexity index is 543. The van der Waals surface area contributed by atoms with Crippen molar-refractivity contribution in [2.45, 2.75) is 12.8 Å². The minimum atomic E-state index is -0.226. The molecular formula is C17H25FN4O. The predicted octanol–water partition coefficient (Wildman–Crippen LogP) is 1.70. The predicted molar refractivity (Wildman–Crippen MR) is 90.8 cm³/mol. The van der Waals surface area contributed by atoms with Crippen LogP contribution in [0.15, 0.2) is 23.2 Å². The van der Waals surface area contributed by atoms with Crippen LogP contribution < -0.4 is 10.6 Å². The highest BCUT2D eigenvalue weighted by molar-refractivity contribution is 6.04. The first-order valence-corrected chi connectivity index (χ1v) is 8.46. The summed E-state index contributed by atoms with van der Waals surface area (Å²) < 4.78 is 19.6. The first kappa shape index (κ1) is 16.2. The van der Waals surface area contributed by atoms with Crippen molar-refractivity contribution >= 4 is 11.5 Å². The van der Waals surface area contributed by atoms with Crippen LogP contribution in [0, 0.1) is 5.82 Å². The van der Waals surface area contributed by atoms with Crippen LogP contribution in [-0.4, -0.2) is 63.2 Å². The maximum Gasteiger partial charge on any atom is 0.136 e. The van der Waals surface area contributed by atoms with Gasteiger partial charge in [0.05, 0.1) is 18.8 Å². The van der Waals surface area contributed by atoms with Crippen molar-refractivity contribution in [1.29, 1.82) is 0 Å². The van der Waals surface area contributed by atoms with Crippen molar-refractivity contribution in [2.75, 3.05) is 57.8 Å². The molecule has 0 aromatic heterocycles. The highest BCUT2D eigenvalue weighted by Crippen LogP contribution is 2.20. The van der Waals surface area contributed by atoms with Gasteiger partial charge in [0, 0.05) is 38.4 Å². The van der Waals surface area contributed by atoms with Crippen LogP contribution in [0.3, 0.4) is 0 Å². The zero-order valence-electron chi connectivity index (χ0n) is 13.5. The van der Waals surface area contributed by atoms with E-state index in [2.05, 4.69) is 20.5 Å². The van der Waals surface area contributed by atoms with Crippen LogP contribution >= 0.6 is 0 Å². The number of rotatable bonds is 6. The lowest BCUT2D eigenvalue weighted by Gasteiger charge is -2.26. The van der Waals surface area contributed by atoms with E-state index in [1.807, 2.05) is 6.07 Å². The van der Waals surface area contributed by atoms with Gasteiger partial charge in [0.1, 0.15) is 11.7 Å². The molecule has 1 saturated heterocycles. The molecule has 2 N–H and O–H groups in total. The largest absolute Gasteiger partial charge is 0.384 e. The van der Waals surface area contributed by atoms with E-state index in [0.29, 0.717) is 11.4 Å². The van der Waals surface area contributed by atoms with Crippen LogP contribution in [0.1, 0.15) is 18.4 Å². The van der Waals surface area contributed by atoms with Gasteiger partial charge in [0.15, 0.2) is 0 Å². The first-order chi connectivity index (χ1) is 11.3. The summed E-state index contributed by atoms with van der Waals surface area (Å²) in [4.78, 5) is 6.83. The number of aliphatic imine (C=N–C) groups is 1. The molecule has 0 atom stereocenters. The Morgan fingerprint density at radius 3 is 2.96 bits per heavy atom. The molecule has 1 fully saturated rings. The standard InChI is InChI=1S/C17H25FN4O/c18-14-4-1-5-15(16(14)17-20-6-2-7-21-17)19-8-3-9-22-10-12-23-13-11-22/h1,4-5,19H,2-3,6-13H2,(H,20,21). The number of hydrogen-bond donors (Lipinski definition) is 2. The number of nitrogens with one attached hydrogen (secondary N) is 2. The molecule has 0 radical (unpaired) electrons. The summed E-state index contributed by atoms with van der Waals surface area (Å²) in [7, 11) is 0. The number of ether oxygens (including phenoxy) is 1. The number of halogens is 1. The van der Waals surface area contributed by atoms with Crippen LogP contribution in [0.4, 0.5) is 10.1 Å². The summed E-state index contributed by atoms with van der Waals surface area (Å²) in [5.74, 6) is 0.446. The van der Waals surface area contributed by atoms with Gasteiger partial charge in [-0.05, 0) is 31.5 Å². The van der Waals surface area contributed by atoms with Crippen molar-refractivity contribution < 1.29 is 9.13 Å². The van der Waals surface area contributed by atoms with Gasteiger partial charge in [0.25, 0.3) is 0 Å². The number of benzene rings is 1. The minimum absolute atomic E-state index is 0.226. The maximum atomic E-state index is 14.3. The van der Waals surface area contributed by atoms with Crippen LogP contribution in [0.2, 0.25) is 0 Å². The molecule has 5 nitrogen and oxygen atoms in total. The van der Waals surface area contributed by atoms with E-state index in [-0.39, 0.29) is 5.82 Å². The fraction of sp³-hybridized carbons (Fsp3) is 0.588. The Kier molecular flexibility index (Phi) is 5.82. The SMILES string of the molecule is Fc1cccc(NCCCN2CCOCC2)c1C1=NCCCN1. The Balaban J connectivity index is 1.57. The molecule has 23 heavy (non-hydrogen) atoms. The fourth-order valence-electron chi connectivity index (χ4n) is 2.96. The molecule has 126 valence electrons. The zero-order valence-corrected chi connectivity index (χ0v) is 13.5. The highest BCUT2D eigenvalue weighted by atomic mass is 19.1. The number of nitrogens with zero attached hydrogens (tertiary/aromatic N) is 2. The summed E-state index contributed by atoms with van der Waals surface area (Å²) in [5, 5.41) is 6.58. The van der Waals surface area contributed by atoms with Crippen LogP contribution in [0.5, 0.6) is 0 Å². The van der Waals surface area contributed by atoms with Gasteiger partial charge in [0.2, 0.25) is 0 Å². The maximum absolute atomic E-state index is 14.3. The molecule has 3 rings (SSSR count). The topological polar surface area (TPSA) is 48.9 Å². The van der Waals surface area contributed by atoms with Gasteiger partial charge in [-0.2, -0.15) is 0 Å². The van der Waals surface area contributed by atoms with Crippen molar-refractivity contribution in [3.05, 3.63) is 29.6 Å². The lowest BCUT2D eigenvalue weighted by atomic mass is 10.1. The molecule has 1 aromatic rings. The number of anilines is 1. The smallest absolute Gasteiger partial charge is 0.136 e. The van der Waals surface area contributed by atoms with Crippen molar-refractivity contribution in [3.8, 4) is 0 Å². The second-order valence-electron chi connectivity index (χ2n) is 5.91. The van der Waals surface area contributed by atoms with Crippen molar-refractivity contribution in [3.63, 3.8) is 0 Å². The molecular weight excluding hydrogens is 295 g/mol. The summed E-state index contributed by atoms with van der Waals surface area (Å²) in [6.45, 7) is 7.13. The summed E-state index contributed by atoms with van der Waals surface area (Å²) in [6, 6.07) is 5.16. The lowest BCUT2D eigenvalue weighted by molar-refractivity contribution is 0.0378. The average Bonchev–Trinajstić information content (AvgIpc) is 2.60. The first-order valence-electron chi connectivity index (χ1n) is 8.46. The Morgan fingerprint density at radius 2 is 2.17 bits per heavy atom. The van der Waals surface area contributed by atoms with Gasteiger partial charge >= 0.3 is 0 Å². The summed E-state index contributed by atoms with van der Waals surface area (Å²) in [5.41, 5.74) is 1.39. The molecule has 6 heteroatoms. The lowest BCUT2D eigenvalue weighted by Crippen LogP contribution is -2.37. The van der Waals surface area contributed by atoms with Crippen molar-refractivity contribution in [2.24, 2.45) is 4.99 Å². The summed E-state index contributed by atoms with van der Waals surface area (Å²) >= 11 is 0. The summed E-state index contributed by atoms with van der Waals surface area (Å²) in [6.07, 6.45) is 2.02. The molecule has 2 aliphatic rings. The van der Waals surface area contributed by atoms with Crippen LogP contribution in [0.25, 0.3) is 0 Å². The van der Waals surface area contributed by atoms with E-state index in [9.17, 15) is 4.39 Å². The third kappa shape index (κ3) is 4.42. The van der Waals surface area contributed by atoms with Gasteiger partial charge in [-0.1, -0.05) is 6.07 Å². The van der Waals surface area contributed by atoms with Gasteiger partial charge in [-0.25, -0.2) is 4.39 Å². The second-order valence-corrected chi connectivity index (χ2v) is 5.91. The normalized spacial score (nSPS) is 19.1. The van der Waals surface area contributed by atoms with Gasteiger partial charge in [-0.15, -0.1) is 0 Å². The van der Waals surface area contributed by atoms with Gasteiger partial charge in [-0.3, -0.25) is 9.89 Å². The van der Waals surface area contributed by atoms with E-state index >= 15 is 0 Å². The van der Waals surface area contributed by atoms with Gasteiger partial charge < -0.3 is 15.4 Å². The van der Waals surface area contributed by atoms with E-state index < -0.39 is 0 Å². The fourth-order valence-corrected chi connectivity index (χ4v) is 2.96. The third-order valence-electron chi connectivity index (χ3n) is 4.22. The van der Waals surface area contributed by atoms with E-state index in [1.165, 1.54) is 6.07 Å². The van der Waals surface area contributed by atoms with E-state index in [1.54, 1.807) is 6.07 Å². The number of amidine groups is 1.